The van der Waals surface area contributed by atoms with Gasteiger partial charge >= 0.3 is 0 Å². The van der Waals surface area contributed by atoms with Crippen LogP contribution in [0.3, 0.4) is 0 Å². The van der Waals surface area contributed by atoms with Crippen LogP contribution < -0.4 is 5.73 Å². The molecule has 2 aliphatic rings. The third kappa shape index (κ3) is 3.87. The largest absolute Gasteiger partial charge is 0.383 e. The Hall–Kier alpha value is -4.40. The summed E-state index contributed by atoms with van der Waals surface area (Å²) in [7, 11) is 0. The molecule has 1 amide bonds. The summed E-state index contributed by atoms with van der Waals surface area (Å²) in [6, 6.07) is 1.47. The van der Waals surface area contributed by atoms with Gasteiger partial charge in [0.25, 0.3) is 6.43 Å². The average molecular weight is 506 g/mol. The van der Waals surface area contributed by atoms with Crippen molar-refractivity contribution in [3.05, 3.63) is 54.5 Å². The number of likely N-dealkylation sites (tertiary alicyclic amines) is 1. The maximum atomic E-state index is 14.9. The Morgan fingerprint density at radius 2 is 2.00 bits per heavy atom. The van der Waals surface area contributed by atoms with E-state index in [0.717, 1.165) is 23.8 Å². The zero-order valence-electron chi connectivity index (χ0n) is 19.5. The third-order valence-electron chi connectivity index (χ3n) is 6.85. The number of nitrogen functional groups attached to an aromatic ring is 1. The number of anilines is 1. The molecule has 2 N–H and O–H groups in total. The molecule has 1 aliphatic carbocycles. The van der Waals surface area contributed by atoms with E-state index in [-0.39, 0.29) is 30.0 Å². The Bertz CT molecular complexity index is 1630. The maximum Gasteiger partial charge on any atom is 0.258 e. The van der Waals surface area contributed by atoms with Crippen LogP contribution in [0.1, 0.15) is 42.6 Å². The molecule has 9 nitrogen and oxygen atoms in total. The molecule has 6 rings (SSSR count). The molecule has 2 fully saturated rings. The van der Waals surface area contributed by atoms with E-state index in [1.54, 1.807) is 12.4 Å². The van der Waals surface area contributed by atoms with E-state index < -0.39 is 30.2 Å². The van der Waals surface area contributed by atoms with Crippen LogP contribution in [-0.4, -0.2) is 59.1 Å². The molecule has 3 aromatic heterocycles. The summed E-state index contributed by atoms with van der Waals surface area (Å²) in [6.45, 7) is 3.39. The Kier molecular flexibility index (Phi) is 5.36. The van der Waals surface area contributed by atoms with Gasteiger partial charge in [-0.2, -0.15) is 5.10 Å². The van der Waals surface area contributed by atoms with E-state index in [2.05, 4.69) is 38.5 Å². The number of fused-ring (bicyclic) bond motifs is 2. The minimum absolute atomic E-state index is 0.0115. The van der Waals surface area contributed by atoms with Crippen molar-refractivity contribution in [2.24, 2.45) is 0 Å². The number of halogens is 3. The lowest BCUT2D eigenvalue weighted by atomic mass is 10.1. The van der Waals surface area contributed by atoms with Crippen molar-refractivity contribution in [3.63, 3.8) is 0 Å². The average Bonchev–Trinajstić information content (AvgIpc) is 3.32. The molecule has 37 heavy (non-hydrogen) atoms. The predicted octanol–water partition coefficient (Wildman–Crippen LogP) is 3.23. The first-order chi connectivity index (χ1) is 17.9. The van der Waals surface area contributed by atoms with E-state index in [4.69, 9.17) is 5.73 Å². The van der Waals surface area contributed by atoms with Gasteiger partial charge in [-0.3, -0.25) is 4.79 Å². The van der Waals surface area contributed by atoms with E-state index >= 15 is 0 Å². The van der Waals surface area contributed by atoms with Gasteiger partial charge in [0, 0.05) is 18.7 Å². The van der Waals surface area contributed by atoms with Gasteiger partial charge in [0.15, 0.2) is 5.65 Å². The summed E-state index contributed by atoms with van der Waals surface area (Å²) in [5, 5.41) is 4.83. The molecular weight excluding hydrogens is 485 g/mol. The van der Waals surface area contributed by atoms with Gasteiger partial charge < -0.3 is 15.2 Å². The summed E-state index contributed by atoms with van der Waals surface area (Å²) < 4.78 is 45.8. The molecule has 1 saturated heterocycles. The molecule has 2 atom stereocenters. The first-order valence-corrected chi connectivity index (χ1v) is 11.7. The van der Waals surface area contributed by atoms with Gasteiger partial charge in [-0.25, -0.2) is 32.8 Å². The topological polar surface area (TPSA) is 108 Å². The number of amides is 1. The highest BCUT2D eigenvalue weighted by molar-refractivity contribution is 5.91. The van der Waals surface area contributed by atoms with Crippen LogP contribution in [0.4, 0.5) is 19.0 Å². The molecular formula is C25H21F3N8O. The molecule has 1 unspecified atom stereocenters. The van der Waals surface area contributed by atoms with Gasteiger partial charge in [-0.15, -0.1) is 0 Å². The molecule has 12 heteroatoms. The second kappa shape index (κ2) is 8.62. The minimum atomic E-state index is -2.74. The standard InChI is InChI=1S/C25H21F3N8O/c1-2-21(37)34-10-15(8-20(34)23(27)28)36-25-22(24(29)30-11-31-25)17(33-36)6-3-13-7-18-19(9-16(13)26)35(12-32-18)14-4-5-14/h2,7,9,11-12,14-15,20,23H,1,4-5,8,10H2,(H2,29,30,31)/t15-,20?/m0/s1. The predicted molar refractivity (Wildman–Crippen MR) is 129 cm³/mol. The number of carbonyl (C=O) groups excluding carboxylic acids is 1. The van der Waals surface area contributed by atoms with Crippen LogP contribution in [0.2, 0.25) is 0 Å². The van der Waals surface area contributed by atoms with Crippen molar-refractivity contribution in [1.29, 1.82) is 0 Å². The Labute approximate surface area is 208 Å². The van der Waals surface area contributed by atoms with Crippen LogP contribution in [-0.2, 0) is 4.79 Å². The lowest BCUT2D eigenvalue weighted by Gasteiger charge is -2.21. The number of alkyl halides is 2. The number of benzene rings is 1. The van der Waals surface area contributed by atoms with Crippen LogP contribution in [0.25, 0.3) is 22.1 Å². The number of hydrogen-bond donors (Lipinski definition) is 1. The van der Waals surface area contributed by atoms with Crippen molar-refractivity contribution in [3.8, 4) is 11.8 Å². The number of rotatable bonds is 4. The lowest BCUT2D eigenvalue weighted by molar-refractivity contribution is -0.129. The van der Waals surface area contributed by atoms with Gasteiger partial charge in [-0.05, 0) is 37.3 Å². The molecule has 0 spiro atoms. The van der Waals surface area contributed by atoms with Crippen LogP contribution >= 0.6 is 0 Å². The molecule has 0 bridgehead atoms. The van der Waals surface area contributed by atoms with Gasteiger partial charge in [0.1, 0.15) is 23.7 Å². The van der Waals surface area contributed by atoms with Gasteiger partial charge in [0.2, 0.25) is 5.91 Å². The van der Waals surface area contributed by atoms with Crippen molar-refractivity contribution in [2.75, 3.05) is 12.3 Å². The number of nitrogens with two attached hydrogens (primary N) is 1. The summed E-state index contributed by atoms with van der Waals surface area (Å²) in [5.41, 5.74) is 8.05. The van der Waals surface area contributed by atoms with E-state index in [9.17, 15) is 18.0 Å². The summed E-state index contributed by atoms with van der Waals surface area (Å²) >= 11 is 0. The number of imidazole rings is 1. The lowest BCUT2D eigenvalue weighted by Crippen LogP contribution is -2.38. The quantitative estimate of drug-likeness (QED) is 0.336. The highest BCUT2D eigenvalue weighted by Gasteiger charge is 2.41. The summed E-state index contributed by atoms with van der Waals surface area (Å²) in [6.07, 6.45) is 3.27. The maximum absolute atomic E-state index is 14.9. The number of aromatic nitrogens is 6. The second-order valence-corrected chi connectivity index (χ2v) is 9.19. The minimum Gasteiger partial charge on any atom is -0.383 e. The normalized spacial score (nSPS) is 19.5. The molecule has 188 valence electrons. The SMILES string of the molecule is C=CC(=O)N1C[C@@H](n2nc(C#Cc3cc4ncn(C5CC5)c4cc3F)c3c(N)ncnc32)CC1C(F)F. The highest BCUT2D eigenvalue weighted by Crippen LogP contribution is 2.37. The van der Waals surface area contributed by atoms with Gasteiger partial charge in [0.05, 0.1) is 40.4 Å². The first kappa shape index (κ1) is 23.0. The Morgan fingerprint density at radius 3 is 2.73 bits per heavy atom. The Morgan fingerprint density at radius 1 is 1.19 bits per heavy atom. The van der Waals surface area contributed by atoms with Crippen LogP contribution in [0.5, 0.6) is 0 Å². The number of hydrogen-bond acceptors (Lipinski definition) is 6. The van der Waals surface area contributed by atoms with Crippen molar-refractivity contribution >= 4 is 33.8 Å². The van der Waals surface area contributed by atoms with Crippen molar-refractivity contribution in [2.45, 2.75) is 43.8 Å². The molecule has 4 heterocycles. The molecule has 1 aliphatic heterocycles. The zero-order valence-corrected chi connectivity index (χ0v) is 19.5. The fraction of sp³-hybridized carbons (Fsp3) is 0.320. The van der Waals surface area contributed by atoms with Crippen molar-refractivity contribution < 1.29 is 18.0 Å². The summed E-state index contributed by atoms with van der Waals surface area (Å²) in [4.78, 5) is 25.9. The number of carbonyl (C=O) groups is 1. The van der Waals surface area contributed by atoms with Crippen LogP contribution in [0.15, 0.2) is 37.4 Å². The van der Waals surface area contributed by atoms with Crippen LogP contribution in [0, 0.1) is 17.7 Å². The van der Waals surface area contributed by atoms with Gasteiger partial charge in [-0.1, -0.05) is 12.5 Å². The smallest absolute Gasteiger partial charge is 0.258 e. The second-order valence-electron chi connectivity index (χ2n) is 9.19. The zero-order chi connectivity index (χ0) is 25.8. The fourth-order valence-corrected chi connectivity index (χ4v) is 4.88. The molecule has 0 radical (unpaired) electrons. The molecule has 1 aromatic carbocycles. The van der Waals surface area contributed by atoms with Crippen molar-refractivity contribution in [1.82, 2.24) is 34.2 Å². The van der Waals surface area contributed by atoms with E-state index in [1.807, 2.05) is 4.57 Å². The number of nitrogens with zero attached hydrogens (tertiary/aromatic N) is 7. The van der Waals surface area contributed by atoms with E-state index in [0.29, 0.717) is 28.1 Å². The molecule has 4 aromatic rings. The summed E-state index contributed by atoms with van der Waals surface area (Å²) in [5.74, 6) is 4.67. The molecule has 1 saturated carbocycles. The Balaban J connectivity index is 1.40. The highest BCUT2D eigenvalue weighted by atomic mass is 19.3. The monoisotopic (exact) mass is 506 g/mol. The fourth-order valence-electron chi connectivity index (χ4n) is 4.88. The third-order valence-corrected chi connectivity index (χ3v) is 6.85. The van der Waals surface area contributed by atoms with E-state index in [1.165, 1.54) is 17.1 Å². The first-order valence-electron chi connectivity index (χ1n) is 11.7.